The highest BCUT2D eigenvalue weighted by molar-refractivity contribution is 4.96. The van der Waals surface area contributed by atoms with Gasteiger partial charge in [0, 0.05) is 33.2 Å². The van der Waals surface area contributed by atoms with Crippen LogP contribution in [0.25, 0.3) is 0 Å². The molecule has 3 heterocycles. The van der Waals surface area contributed by atoms with Crippen LogP contribution < -0.4 is 0 Å². The van der Waals surface area contributed by atoms with Crippen LogP contribution in [0.5, 0.6) is 0 Å². The fourth-order valence-corrected chi connectivity index (χ4v) is 3.32. The smallest absolute Gasteiger partial charge is 0.240 e. The summed E-state index contributed by atoms with van der Waals surface area (Å²) >= 11 is 0. The zero-order chi connectivity index (χ0) is 15.4. The van der Waals surface area contributed by atoms with Crippen molar-refractivity contribution in [3.63, 3.8) is 0 Å². The number of aliphatic hydroxyl groups excluding tert-OH is 1. The molecule has 0 bridgehead atoms. The maximum Gasteiger partial charge on any atom is 0.240 e. The Morgan fingerprint density at radius 3 is 2.95 bits per heavy atom. The van der Waals surface area contributed by atoms with Crippen LogP contribution in [0, 0.1) is 0 Å². The number of hydrogen-bond acceptors (Lipinski definition) is 7. The first-order valence-corrected chi connectivity index (χ1v) is 8.07. The number of aromatic nitrogens is 2. The lowest BCUT2D eigenvalue weighted by Crippen LogP contribution is -2.55. The summed E-state index contributed by atoms with van der Waals surface area (Å²) in [6.45, 7) is 3.79. The molecule has 0 saturated carbocycles. The Hall–Kier alpha value is -1.02. The summed E-state index contributed by atoms with van der Waals surface area (Å²) in [6, 6.07) is 0. The highest BCUT2D eigenvalue weighted by Crippen LogP contribution is 2.35. The van der Waals surface area contributed by atoms with Crippen molar-refractivity contribution in [1.29, 1.82) is 0 Å². The van der Waals surface area contributed by atoms with Crippen molar-refractivity contribution in [2.45, 2.75) is 50.4 Å². The topological polar surface area (TPSA) is 80.9 Å². The SMILES string of the molecule is COCCc1noc(CN2CCC3(CC2)OCCC[C@H]3O)n1. The number of rotatable bonds is 5. The molecule has 2 aliphatic heterocycles. The van der Waals surface area contributed by atoms with Gasteiger partial charge in [-0.1, -0.05) is 5.16 Å². The Balaban J connectivity index is 1.50. The minimum atomic E-state index is -0.326. The van der Waals surface area contributed by atoms with Gasteiger partial charge in [-0.2, -0.15) is 4.98 Å². The lowest BCUT2D eigenvalue weighted by molar-refractivity contribution is -0.177. The highest BCUT2D eigenvalue weighted by Gasteiger charge is 2.43. The standard InChI is InChI=1S/C15H25N3O4/c1-20-10-4-13-16-14(22-17-13)11-18-7-5-15(6-8-18)12(19)3-2-9-21-15/h12,19H,2-11H2,1H3/t12-/m1/s1. The van der Waals surface area contributed by atoms with Gasteiger partial charge in [0.1, 0.15) is 0 Å². The van der Waals surface area contributed by atoms with Gasteiger partial charge in [-0.25, -0.2) is 0 Å². The maximum absolute atomic E-state index is 10.2. The van der Waals surface area contributed by atoms with Crippen molar-refractivity contribution >= 4 is 0 Å². The number of likely N-dealkylation sites (tertiary alicyclic amines) is 1. The number of piperidine rings is 1. The largest absolute Gasteiger partial charge is 0.390 e. The molecule has 0 amide bonds. The Morgan fingerprint density at radius 1 is 1.41 bits per heavy atom. The first kappa shape index (κ1) is 15.9. The molecule has 1 atom stereocenters. The number of ether oxygens (including phenoxy) is 2. The summed E-state index contributed by atoms with van der Waals surface area (Å²) in [6.07, 6.45) is 3.87. The molecule has 7 nitrogen and oxygen atoms in total. The number of hydrogen-bond donors (Lipinski definition) is 1. The van der Waals surface area contributed by atoms with Crippen molar-refractivity contribution in [1.82, 2.24) is 15.0 Å². The van der Waals surface area contributed by atoms with Gasteiger partial charge in [0.05, 0.1) is 24.9 Å². The molecule has 1 aromatic rings. The van der Waals surface area contributed by atoms with Gasteiger partial charge in [-0.15, -0.1) is 0 Å². The summed E-state index contributed by atoms with van der Waals surface area (Å²) in [7, 11) is 1.66. The minimum absolute atomic E-state index is 0.326. The molecule has 22 heavy (non-hydrogen) atoms. The minimum Gasteiger partial charge on any atom is -0.390 e. The van der Waals surface area contributed by atoms with Gasteiger partial charge in [-0.3, -0.25) is 4.90 Å². The number of aliphatic hydroxyl groups is 1. The number of methoxy groups -OCH3 is 1. The van der Waals surface area contributed by atoms with Crippen LogP contribution in [-0.2, 0) is 22.4 Å². The van der Waals surface area contributed by atoms with Crippen molar-refractivity contribution < 1.29 is 19.1 Å². The van der Waals surface area contributed by atoms with Crippen LogP contribution in [0.2, 0.25) is 0 Å². The van der Waals surface area contributed by atoms with Crippen molar-refractivity contribution in [3.8, 4) is 0 Å². The maximum atomic E-state index is 10.2. The predicted molar refractivity (Wildman–Crippen MR) is 78.3 cm³/mol. The van der Waals surface area contributed by atoms with E-state index in [1.807, 2.05) is 0 Å². The third kappa shape index (κ3) is 3.48. The first-order chi connectivity index (χ1) is 10.7. The second-order valence-electron chi connectivity index (χ2n) is 6.19. The third-order valence-electron chi connectivity index (χ3n) is 4.72. The molecule has 0 unspecified atom stereocenters. The van der Waals surface area contributed by atoms with Crippen LogP contribution >= 0.6 is 0 Å². The molecule has 0 radical (unpaired) electrons. The average Bonchev–Trinajstić information content (AvgIpc) is 2.98. The van der Waals surface area contributed by atoms with E-state index in [1.54, 1.807) is 7.11 Å². The van der Waals surface area contributed by atoms with Gasteiger partial charge in [0.15, 0.2) is 5.82 Å². The van der Waals surface area contributed by atoms with E-state index in [1.165, 1.54) is 0 Å². The zero-order valence-electron chi connectivity index (χ0n) is 13.2. The van der Waals surface area contributed by atoms with Gasteiger partial charge in [0.2, 0.25) is 5.89 Å². The highest BCUT2D eigenvalue weighted by atomic mass is 16.5. The van der Waals surface area contributed by atoms with E-state index in [-0.39, 0.29) is 11.7 Å². The van der Waals surface area contributed by atoms with E-state index in [2.05, 4.69) is 15.0 Å². The van der Waals surface area contributed by atoms with E-state index < -0.39 is 0 Å². The summed E-state index contributed by atoms with van der Waals surface area (Å²) in [5, 5.41) is 14.2. The first-order valence-electron chi connectivity index (χ1n) is 8.07. The molecule has 1 spiro atoms. The summed E-state index contributed by atoms with van der Waals surface area (Å²) in [5.74, 6) is 1.34. The van der Waals surface area contributed by atoms with Crippen LogP contribution in [0.1, 0.15) is 37.4 Å². The van der Waals surface area contributed by atoms with Gasteiger partial charge < -0.3 is 19.1 Å². The van der Waals surface area contributed by atoms with Crippen LogP contribution in [0.3, 0.4) is 0 Å². The molecule has 2 saturated heterocycles. The Morgan fingerprint density at radius 2 is 2.23 bits per heavy atom. The summed E-state index contributed by atoms with van der Waals surface area (Å²) in [4.78, 5) is 6.66. The van der Waals surface area contributed by atoms with E-state index >= 15 is 0 Å². The van der Waals surface area contributed by atoms with Crippen molar-refractivity contribution in [2.75, 3.05) is 33.4 Å². The normalized spacial score (nSPS) is 25.6. The monoisotopic (exact) mass is 311 g/mol. The molecule has 2 fully saturated rings. The van der Waals surface area contributed by atoms with E-state index in [0.717, 1.165) is 45.4 Å². The van der Waals surface area contributed by atoms with E-state index in [0.29, 0.717) is 31.3 Å². The summed E-state index contributed by atoms with van der Waals surface area (Å²) < 4.78 is 16.2. The fourth-order valence-electron chi connectivity index (χ4n) is 3.32. The Bertz CT molecular complexity index is 471. The van der Waals surface area contributed by atoms with E-state index in [4.69, 9.17) is 14.0 Å². The van der Waals surface area contributed by atoms with Crippen molar-refractivity contribution in [3.05, 3.63) is 11.7 Å². The molecule has 2 aliphatic rings. The van der Waals surface area contributed by atoms with Crippen molar-refractivity contribution in [2.24, 2.45) is 0 Å². The molecule has 3 rings (SSSR count). The Kier molecular flexibility index (Phi) is 5.07. The molecule has 1 N–H and O–H groups in total. The molecule has 0 aliphatic carbocycles. The second kappa shape index (κ2) is 7.04. The quantitative estimate of drug-likeness (QED) is 0.860. The molecule has 124 valence electrons. The van der Waals surface area contributed by atoms with Crippen LogP contribution in [0.15, 0.2) is 4.52 Å². The predicted octanol–water partition coefficient (Wildman–Crippen LogP) is 0.764. The van der Waals surface area contributed by atoms with Gasteiger partial charge >= 0.3 is 0 Å². The Labute approximate surface area is 130 Å². The molecule has 0 aromatic carbocycles. The lowest BCUT2D eigenvalue weighted by atomic mass is 9.82. The molecular formula is C15H25N3O4. The molecule has 1 aromatic heterocycles. The zero-order valence-corrected chi connectivity index (χ0v) is 13.2. The van der Waals surface area contributed by atoms with Gasteiger partial charge in [0.25, 0.3) is 0 Å². The van der Waals surface area contributed by atoms with Crippen LogP contribution in [-0.4, -0.2) is 65.3 Å². The molecule has 7 heteroatoms. The van der Waals surface area contributed by atoms with E-state index in [9.17, 15) is 5.11 Å². The summed E-state index contributed by atoms with van der Waals surface area (Å²) in [5.41, 5.74) is -0.326. The van der Waals surface area contributed by atoms with Crippen LogP contribution in [0.4, 0.5) is 0 Å². The fraction of sp³-hybridized carbons (Fsp3) is 0.867. The number of nitrogens with zero attached hydrogens (tertiary/aromatic N) is 3. The molecular weight excluding hydrogens is 286 g/mol. The van der Waals surface area contributed by atoms with Gasteiger partial charge in [-0.05, 0) is 25.7 Å². The lowest BCUT2D eigenvalue weighted by Gasteiger charge is -2.46. The second-order valence-corrected chi connectivity index (χ2v) is 6.19. The third-order valence-corrected chi connectivity index (χ3v) is 4.72. The average molecular weight is 311 g/mol.